The quantitative estimate of drug-likeness (QED) is 0.523. The first-order valence-corrected chi connectivity index (χ1v) is 11.6. The van der Waals surface area contributed by atoms with Crippen molar-refractivity contribution >= 4 is 23.8 Å². The van der Waals surface area contributed by atoms with Gasteiger partial charge in [-0.25, -0.2) is 4.79 Å². The molecule has 1 aliphatic heterocycles. The molecule has 0 radical (unpaired) electrons. The van der Waals surface area contributed by atoms with Crippen LogP contribution in [0.25, 0.3) is 0 Å². The van der Waals surface area contributed by atoms with Gasteiger partial charge < -0.3 is 15.0 Å². The third kappa shape index (κ3) is 5.54. The summed E-state index contributed by atoms with van der Waals surface area (Å²) in [5.41, 5.74) is 0.168. The second-order valence-electron chi connectivity index (χ2n) is 10.4. The molecular formula is C25H35N3O5. The van der Waals surface area contributed by atoms with E-state index in [0.717, 1.165) is 23.3 Å². The zero-order valence-corrected chi connectivity index (χ0v) is 20.2. The third-order valence-corrected chi connectivity index (χ3v) is 6.89. The summed E-state index contributed by atoms with van der Waals surface area (Å²) >= 11 is 0. The predicted molar refractivity (Wildman–Crippen MR) is 123 cm³/mol. The second kappa shape index (κ2) is 9.53. The first-order valence-electron chi connectivity index (χ1n) is 11.6. The van der Waals surface area contributed by atoms with Gasteiger partial charge in [0.25, 0.3) is 11.8 Å². The average molecular weight is 458 g/mol. The Morgan fingerprint density at radius 2 is 1.79 bits per heavy atom. The zero-order valence-electron chi connectivity index (χ0n) is 20.2. The van der Waals surface area contributed by atoms with Crippen molar-refractivity contribution in [1.82, 2.24) is 15.1 Å². The van der Waals surface area contributed by atoms with Crippen molar-refractivity contribution in [1.29, 1.82) is 0 Å². The van der Waals surface area contributed by atoms with Crippen LogP contribution in [-0.2, 0) is 25.7 Å². The van der Waals surface area contributed by atoms with E-state index >= 15 is 0 Å². The fourth-order valence-corrected chi connectivity index (χ4v) is 4.79. The summed E-state index contributed by atoms with van der Waals surface area (Å²) in [5.74, 6) is -1.04. The molecule has 8 heteroatoms. The van der Waals surface area contributed by atoms with E-state index in [-0.39, 0.29) is 17.2 Å². The number of carbonyl (C=O) groups excluding carboxylic acids is 4. The molecular weight excluding hydrogens is 422 g/mol. The molecule has 1 heterocycles. The van der Waals surface area contributed by atoms with Crippen molar-refractivity contribution in [2.75, 3.05) is 13.6 Å². The molecule has 1 unspecified atom stereocenters. The van der Waals surface area contributed by atoms with Gasteiger partial charge in [-0.1, -0.05) is 51.1 Å². The molecule has 2 aliphatic rings. The Hall–Kier alpha value is -2.90. The summed E-state index contributed by atoms with van der Waals surface area (Å²) in [5, 5.41) is 2.82. The number of nitrogens with one attached hydrogen (secondary N) is 1. The lowest BCUT2D eigenvalue weighted by Crippen LogP contribution is -2.51. The molecule has 1 saturated carbocycles. The molecule has 1 spiro atoms. The Bertz CT molecular complexity index is 900. The summed E-state index contributed by atoms with van der Waals surface area (Å²) < 4.78 is 5.26. The van der Waals surface area contributed by atoms with Crippen LogP contribution in [0.3, 0.4) is 0 Å². The van der Waals surface area contributed by atoms with Crippen LogP contribution in [0, 0.1) is 11.3 Å². The molecule has 33 heavy (non-hydrogen) atoms. The van der Waals surface area contributed by atoms with Gasteiger partial charge in [0.05, 0.1) is 0 Å². The maximum absolute atomic E-state index is 13.1. The third-order valence-electron chi connectivity index (χ3n) is 6.89. The molecule has 1 saturated heterocycles. The van der Waals surface area contributed by atoms with Crippen LogP contribution in [0.1, 0.15) is 58.9 Å². The van der Waals surface area contributed by atoms with E-state index in [2.05, 4.69) is 26.1 Å². The number of likely N-dealkylation sites (N-methyl/N-ethyl adjacent to an activating group) is 1. The maximum Gasteiger partial charge on any atom is 0.327 e. The van der Waals surface area contributed by atoms with E-state index in [4.69, 9.17) is 4.74 Å². The van der Waals surface area contributed by atoms with Crippen molar-refractivity contribution in [3.8, 4) is 0 Å². The number of hydrogen-bond acceptors (Lipinski definition) is 5. The van der Waals surface area contributed by atoms with E-state index in [1.165, 1.54) is 11.8 Å². The molecule has 3 rings (SSSR count). The number of hydrogen-bond donors (Lipinski definition) is 1. The van der Waals surface area contributed by atoms with Crippen molar-refractivity contribution in [2.24, 2.45) is 11.3 Å². The summed E-state index contributed by atoms with van der Waals surface area (Å²) in [6.45, 7) is 7.93. The summed E-state index contributed by atoms with van der Waals surface area (Å²) in [6.07, 6.45) is 1.78. The second-order valence-corrected chi connectivity index (χ2v) is 10.4. The van der Waals surface area contributed by atoms with E-state index in [1.54, 1.807) is 7.05 Å². The van der Waals surface area contributed by atoms with Crippen molar-refractivity contribution in [2.45, 2.75) is 71.6 Å². The molecule has 1 atom stereocenters. The lowest BCUT2D eigenvalue weighted by atomic mass is 9.67. The molecule has 180 valence electrons. The van der Waals surface area contributed by atoms with Crippen LogP contribution in [0.2, 0.25) is 0 Å². The number of ether oxygens (including phenoxy) is 1. The Morgan fingerprint density at radius 3 is 2.36 bits per heavy atom. The van der Waals surface area contributed by atoms with Gasteiger partial charge >= 0.3 is 12.0 Å². The van der Waals surface area contributed by atoms with Crippen LogP contribution in [-0.4, -0.2) is 58.8 Å². The number of amides is 4. The highest BCUT2D eigenvalue weighted by atomic mass is 16.5. The van der Waals surface area contributed by atoms with Gasteiger partial charge in [-0.3, -0.25) is 19.3 Å². The van der Waals surface area contributed by atoms with Crippen molar-refractivity contribution < 1.29 is 23.9 Å². The lowest BCUT2D eigenvalue weighted by Gasteiger charge is -2.40. The monoisotopic (exact) mass is 457 g/mol. The van der Waals surface area contributed by atoms with Crippen LogP contribution >= 0.6 is 0 Å². The van der Waals surface area contributed by atoms with Gasteiger partial charge in [0.1, 0.15) is 12.1 Å². The maximum atomic E-state index is 13.1. The predicted octanol–water partition coefficient (Wildman–Crippen LogP) is 3.10. The van der Waals surface area contributed by atoms with Gasteiger partial charge in [-0.15, -0.1) is 0 Å². The van der Waals surface area contributed by atoms with Crippen LogP contribution in [0.5, 0.6) is 0 Å². The number of nitrogens with zero attached hydrogens (tertiary/aromatic N) is 2. The van der Waals surface area contributed by atoms with Gasteiger partial charge in [-0.2, -0.15) is 0 Å². The molecule has 1 N–H and O–H groups in total. The highest BCUT2D eigenvalue weighted by Crippen LogP contribution is 2.43. The van der Waals surface area contributed by atoms with E-state index < -0.39 is 30.2 Å². The standard InChI is InChI=1S/C25H35N3O5/c1-17(21(30)27(5)15-18-9-7-6-8-10-18)33-20(29)16-28-22(31)25(26-23(28)32)13-11-19(12-14-25)24(2,3)4/h6-10,17,19H,11-16H2,1-5H3,(H,26,32). The Labute approximate surface area is 195 Å². The normalized spacial score (nSPS) is 23.9. The van der Waals surface area contributed by atoms with Crippen LogP contribution in [0.15, 0.2) is 30.3 Å². The minimum atomic E-state index is -1.02. The van der Waals surface area contributed by atoms with Gasteiger partial charge in [0.15, 0.2) is 6.10 Å². The summed E-state index contributed by atoms with van der Waals surface area (Å²) in [4.78, 5) is 53.1. The highest BCUT2D eigenvalue weighted by Gasteiger charge is 2.53. The number of esters is 1. The number of imide groups is 1. The molecule has 8 nitrogen and oxygen atoms in total. The minimum absolute atomic E-state index is 0.146. The molecule has 2 fully saturated rings. The molecule has 1 aliphatic carbocycles. The summed E-state index contributed by atoms with van der Waals surface area (Å²) in [6, 6.07) is 8.90. The van der Waals surface area contributed by atoms with Gasteiger partial charge in [-0.05, 0) is 49.5 Å². The Kier molecular flexibility index (Phi) is 7.14. The lowest BCUT2D eigenvalue weighted by molar-refractivity contribution is -0.160. The smallest absolute Gasteiger partial charge is 0.327 e. The van der Waals surface area contributed by atoms with Crippen molar-refractivity contribution in [3.05, 3.63) is 35.9 Å². The topological polar surface area (TPSA) is 96.0 Å². The fraction of sp³-hybridized carbons (Fsp3) is 0.600. The van der Waals surface area contributed by atoms with E-state index in [9.17, 15) is 19.2 Å². The SMILES string of the molecule is CC(OC(=O)CN1C(=O)NC2(CCC(C(C)(C)C)CC2)C1=O)C(=O)N(C)Cc1ccccc1. The van der Waals surface area contributed by atoms with Crippen LogP contribution < -0.4 is 5.32 Å². The number of rotatable bonds is 6. The molecule has 1 aromatic carbocycles. The van der Waals surface area contributed by atoms with E-state index in [0.29, 0.717) is 25.3 Å². The van der Waals surface area contributed by atoms with Crippen LogP contribution in [0.4, 0.5) is 4.79 Å². The minimum Gasteiger partial charge on any atom is -0.451 e. The average Bonchev–Trinajstić information content (AvgIpc) is 2.97. The van der Waals surface area contributed by atoms with Gasteiger partial charge in [0.2, 0.25) is 0 Å². The molecule has 4 amide bonds. The number of benzene rings is 1. The number of carbonyl (C=O) groups is 4. The first-order chi connectivity index (χ1) is 15.4. The number of urea groups is 1. The fourth-order valence-electron chi connectivity index (χ4n) is 4.79. The zero-order chi connectivity index (χ0) is 24.4. The summed E-state index contributed by atoms with van der Waals surface area (Å²) in [7, 11) is 1.63. The Balaban J connectivity index is 1.54. The first kappa shape index (κ1) is 24.7. The van der Waals surface area contributed by atoms with E-state index in [1.807, 2.05) is 30.3 Å². The Morgan fingerprint density at radius 1 is 1.18 bits per heavy atom. The molecule has 0 bridgehead atoms. The van der Waals surface area contributed by atoms with Gasteiger partial charge in [0, 0.05) is 13.6 Å². The molecule has 0 aromatic heterocycles. The highest BCUT2D eigenvalue weighted by molar-refractivity contribution is 6.08. The molecule has 1 aromatic rings. The largest absolute Gasteiger partial charge is 0.451 e. The van der Waals surface area contributed by atoms with Crippen molar-refractivity contribution in [3.63, 3.8) is 0 Å².